The highest BCUT2D eigenvalue weighted by molar-refractivity contribution is 4.91. The number of fused-ring (bicyclic) bond motifs is 1. The zero-order valence-electron chi connectivity index (χ0n) is 11.9. The van der Waals surface area contributed by atoms with Crippen LogP contribution in [0.5, 0.6) is 0 Å². The fourth-order valence-electron chi connectivity index (χ4n) is 3.37. The normalized spacial score (nSPS) is 41.8. The minimum atomic E-state index is 0.386. The molecule has 0 amide bonds. The third-order valence-electron chi connectivity index (χ3n) is 4.58. The largest absolute Gasteiger partial charge is 0.378 e. The van der Waals surface area contributed by atoms with Gasteiger partial charge < -0.3 is 18.9 Å². The molecule has 4 heteroatoms. The van der Waals surface area contributed by atoms with E-state index in [1.165, 1.54) is 19.3 Å². The summed E-state index contributed by atoms with van der Waals surface area (Å²) in [6.07, 6.45) is 7.41. The first-order chi connectivity index (χ1) is 9.31. The van der Waals surface area contributed by atoms with Gasteiger partial charge in [-0.1, -0.05) is 0 Å². The second kappa shape index (κ2) is 6.53. The van der Waals surface area contributed by atoms with Crippen LogP contribution in [0, 0.1) is 11.8 Å². The SMILES string of the molecule is CC1CC(COCOCC2CCC3OC3C2)CCO1. The highest BCUT2D eigenvalue weighted by atomic mass is 16.7. The maximum atomic E-state index is 5.65. The molecule has 5 atom stereocenters. The van der Waals surface area contributed by atoms with E-state index < -0.39 is 0 Å². The van der Waals surface area contributed by atoms with Gasteiger partial charge in [0.15, 0.2) is 0 Å². The molecule has 2 heterocycles. The Morgan fingerprint density at radius 1 is 0.947 bits per heavy atom. The molecule has 2 aliphatic heterocycles. The molecule has 0 bridgehead atoms. The van der Waals surface area contributed by atoms with Gasteiger partial charge in [0.1, 0.15) is 6.79 Å². The lowest BCUT2D eigenvalue weighted by atomic mass is 9.90. The summed E-state index contributed by atoms with van der Waals surface area (Å²) >= 11 is 0. The zero-order chi connectivity index (χ0) is 13.1. The van der Waals surface area contributed by atoms with E-state index in [0.29, 0.717) is 36.9 Å². The molecule has 3 fully saturated rings. The van der Waals surface area contributed by atoms with Crippen LogP contribution in [0.25, 0.3) is 0 Å². The fourth-order valence-corrected chi connectivity index (χ4v) is 3.37. The van der Waals surface area contributed by atoms with Crippen LogP contribution >= 0.6 is 0 Å². The smallest absolute Gasteiger partial charge is 0.146 e. The molecule has 5 unspecified atom stereocenters. The van der Waals surface area contributed by atoms with Gasteiger partial charge in [-0.05, 0) is 50.9 Å². The third kappa shape index (κ3) is 4.15. The van der Waals surface area contributed by atoms with Crippen molar-refractivity contribution in [1.29, 1.82) is 0 Å². The van der Waals surface area contributed by atoms with E-state index in [2.05, 4.69) is 6.92 Å². The van der Waals surface area contributed by atoms with Crippen LogP contribution in [-0.4, -0.2) is 44.9 Å². The molecule has 1 saturated carbocycles. The highest BCUT2D eigenvalue weighted by Crippen LogP contribution is 2.39. The van der Waals surface area contributed by atoms with Crippen molar-refractivity contribution >= 4 is 0 Å². The van der Waals surface area contributed by atoms with E-state index in [1.807, 2.05) is 0 Å². The van der Waals surface area contributed by atoms with E-state index in [1.54, 1.807) is 0 Å². The molecule has 19 heavy (non-hydrogen) atoms. The van der Waals surface area contributed by atoms with Crippen molar-refractivity contribution in [2.75, 3.05) is 26.6 Å². The molecule has 3 rings (SSSR count). The van der Waals surface area contributed by atoms with Crippen LogP contribution in [-0.2, 0) is 18.9 Å². The molecule has 110 valence electrons. The monoisotopic (exact) mass is 270 g/mol. The molecule has 0 radical (unpaired) electrons. The lowest BCUT2D eigenvalue weighted by Crippen LogP contribution is -2.26. The van der Waals surface area contributed by atoms with Crippen molar-refractivity contribution in [2.24, 2.45) is 11.8 Å². The van der Waals surface area contributed by atoms with Crippen LogP contribution in [0.4, 0.5) is 0 Å². The lowest BCUT2D eigenvalue weighted by molar-refractivity contribution is -0.0920. The van der Waals surface area contributed by atoms with Gasteiger partial charge in [-0.2, -0.15) is 0 Å². The minimum absolute atomic E-state index is 0.386. The molecule has 0 aromatic heterocycles. The van der Waals surface area contributed by atoms with Crippen molar-refractivity contribution in [3.8, 4) is 0 Å². The highest BCUT2D eigenvalue weighted by Gasteiger charge is 2.43. The van der Waals surface area contributed by atoms with Crippen LogP contribution in [0.2, 0.25) is 0 Å². The Morgan fingerprint density at radius 3 is 2.47 bits per heavy atom. The quantitative estimate of drug-likeness (QED) is 0.422. The van der Waals surface area contributed by atoms with Crippen LogP contribution in [0.1, 0.15) is 39.0 Å². The average Bonchev–Trinajstić information content (AvgIpc) is 3.17. The van der Waals surface area contributed by atoms with Gasteiger partial charge >= 0.3 is 0 Å². The number of epoxide rings is 1. The summed E-state index contributed by atoms with van der Waals surface area (Å²) in [5.74, 6) is 1.32. The molecule has 1 aliphatic carbocycles. The fraction of sp³-hybridized carbons (Fsp3) is 1.00. The van der Waals surface area contributed by atoms with E-state index in [4.69, 9.17) is 18.9 Å². The van der Waals surface area contributed by atoms with Gasteiger partial charge in [0, 0.05) is 6.61 Å². The number of hydrogen-bond donors (Lipinski definition) is 0. The van der Waals surface area contributed by atoms with E-state index >= 15 is 0 Å². The predicted molar refractivity (Wildman–Crippen MR) is 70.9 cm³/mol. The first-order valence-electron chi connectivity index (χ1n) is 7.74. The molecule has 0 spiro atoms. The molecule has 2 saturated heterocycles. The molecular formula is C15H26O4. The molecule has 3 aliphatic rings. The number of hydrogen-bond acceptors (Lipinski definition) is 4. The first-order valence-corrected chi connectivity index (χ1v) is 7.74. The van der Waals surface area contributed by atoms with Crippen molar-refractivity contribution < 1.29 is 18.9 Å². The topological polar surface area (TPSA) is 40.2 Å². The summed E-state index contributed by atoms with van der Waals surface area (Å²) in [5.41, 5.74) is 0. The second-order valence-corrected chi connectivity index (χ2v) is 6.32. The Hall–Kier alpha value is -0.160. The van der Waals surface area contributed by atoms with E-state index in [9.17, 15) is 0 Å². The summed E-state index contributed by atoms with van der Waals surface area (Å²) in [7, 11) is 0. The summed E-state index contributed by atoms with van der Waals surface area (Å²) in [4.78, 5) is 0. The average molecular weight is 270 g/mol. The van der Waals surface area contributed by atoms with E-state index in [-0.39, 0.29) is 0 Å². The second-order valence-electron chi connectivity index (χ2n) is 6.32. The van der Waals surface area contributed by atoms with Crippen molar-refractivity contribution in [2.45, 2.75) is 57.3 Å². The molecule has 0 aromatic rings. The molecular weight excluding hydrogens is 244 g/mol. The summed E-state index contributed by atoms with van der Waals surface area (Å²) in [5, 5.41) is 0. The lowest BCUT2D eigenvalue weighted by Gasteiger charge is -2.27. The van der Waals surface area contributed by atoms with Gasteiger partial charge in [-0.15, -0.1) is 0 Å². The maximum Gasteiger partial charge on any atom is 0.146 e. The molecule has 0 aromatic carbocycles. The Balaban J connectivity index is 1.21. The number of ether oxygens (including phenoxy) is 4. The summed E-state index contributed by atoms with van der Waals surface area (Å²) in [6.45, 7) is 5.10. The minimum Gasteiger partial charge on any atom is -0.378 e. The Morgan fingerprint density at radius 2 is 1.74 bits per heavy atom. The molecule has 0 N–H and O–H groups in total. The van der Waals surface area contributed by atoms with Crippen molar-refractivity contribution in [1.82, 2.24) is 0 Å². The van der Waals surface area contributed by atoms with Gasteiger partial charge in [-0.3, -0.25) is 0 Å². The Kier molecular flexibility index (Phi) is 4.74. The third-order valence-corrected chi connectivity index (χ3v) is 4.58. The zero-order valence-corrected chi connectivity index (χ0v) is 11.9. The standard InChI is InChI=1S/C15H26O4/c1-11-6-13(4-5-18-11)9-17-10-16-8-12-2-3-14-15(7-12)19-14/h11-15H,2-10H2,1H3. The van der Waals surface area contributed by atoms with Crippen molar-refractivity contribution in [3.05, 3.63) is 0 Å². The first kappa shape index (κ1) is 13.8. The van der Waals surface area contributed by atoms with E-state index in [0.717, 1.165) is 32.7 Å². The Bertz CT molecular complexity index is 275. The van der Waals surface area contributed by atoms with Gasteiger partial charge in [0.05, 0.1) is 31.5 Å². The maximum absolute atomic E-state index is 5.65. The van der Waals surface area contributed by atoms with Gasteiger partial charge in [-0.25, -0.2) is 0 Å². The van der Waals surface area contributed by atoms with Gasteiger partial charge in [0.25, 0.3) is 0 Å². The summed E-state index contributed by atoms with van der Waals surface area (Å²) < 4.78 is 22.3. The Labute approximate surface area is 115 Å². The van der Waals surface area contributed by atoms with Crippen LogP contribution < -0.4 is 0 Å². The molecule has 4 nitrogen and oxygen atoms in total. The van der Waals surface area contributed by atoms with Crippen molar-refractivity contribution in [3.63, 3.8) is 0 Å². The van der Waals surface area contributed by atoms with Crippen LogP contribution in [0.3, 0.4) is 0 Å². The predicted octanol–water partition coefficient (Wildman–Crippen LogP) is 2.36. The van der Waals surface area contributed by atoms with Crippen LogP contribution in [0.15, 0.2) is 0 Å². The summed E-state index contributed by atoms with van der Waals surface area (Å²) in [6, 6.07) is 0. The van der Waals surface area contributed by atoms with Gasteiger partial charge in [0.2, 0.25) is 0 Å². The number of rotatable bonds is 6.